The Morgan fingerprint density at radius 2 is 1.76 bits per heavy atom. The molecule has 2 heterocycles. The van der Waals surface area contributed by atoms with E-state index in [-0.39, 0.29) is 11.6 Å². The van der Waals surface area contributed by atoms with Gasteiger partial charge in [0, 0.05) is 5.02 Å². The fraction of sp³-hybridized carbons (Fsp3) is 0.333. The summed E-state index contributed by atoms with van der Waals surface area (Å²) >= 11 is 5.97. The summed E-state index contributed by atoms with van der Waals surface area (Å²) in [5.41, 5.74) is 2.90. The number of Topliss-reactive ketones (excluding diaryl/α,β-unsaturated/α-hetero) is 2. The molecule has 3 nitrogen and oxygen atoms in total. The number of ketones is 2. The van der Waals surface area contributed by atoms with Gasteiger partial charge < -0.3 is 4.74 Å². The van der Waals surface area contributed by atoms with Gasteiger partial charge in [0.25, 0.3) is 0 Å². The van der Waals surface area contributed by atoms with E-state index in [0.29, 0.717) is 17.9 Å². The van der Waals surface area contributed by atoms with Crippen molar-refractivity contribution in [2.24, 2.45) is 0 Å². The zero-order chi connectivity index (χ0) is 17.8. The minimum absolute atomic E-state index is 0.101. The minimum atomic E-state index is -0.827. The number of fused-ring (bicyclic) bond motifs is 2. The molecule has 2 aliphatic heterocycles. The van der Waals surface area contributed by atoms with E-state index in [2.05, 4.69) is 0 Å². The number of carbonyl (C=O) groups excluding carboxylic acids is 2. The Morgan fingerprint density at radius 1 is 1.08 bits per heavy atom. The average molecular weight is 355 g/mol. The van der Waals surface area contributed by atoms with Crippen LogP contribution in [0.2, 0.25) is 5.02 Å². The highest BCUT2D eigenvalue weighted by Crippen LogP contribution is 2.44. The van der Waals surface area contributed by atoms with E-state index in [1.54, 1.807) is 0 Å². The van der Waals surface area contributed by atoms with Gasteiger partial charge in [-0.05, 0) is 67.1 Å². The lowest BCUT2D eigenvalue weighted by molar-refractivity contribution is -0.160. The molecule has 2 saturated heterocycles. The van der Waals surface area contributed by atoms with E-state index in [9.17, 15) is 9.59 Å². The van der Waals surface area contributed by atoms with E-state index in [1.165, 1.54) is 0 Å². The van der Waals surface area contributed by atoms with E-state index < -0.39 is 17.6 Å². The number of rotatable bonds is 2. The van der Waals surface area contributed by atoms with Gasteiger partial charge in [0.1, 0.15) is 17.6 Å². The molecule has 2 aromatic carbocycles. The van der Waals surface area contributed by atoms with Gasteiger partial charge >= 0.3 is 0 Å². The summed E-state index contributed by atoms with van der Waals surface area (Å²) in [4.78, 5) is 25.8. The minimum Gasteiger partial charge on any atom is -0.356 e. The topological polar surface area (TPSA) is 43.4 Å². The fourth-order valence-electron chi connectivity index (χ4n) is 3.91. The van der Waals surface area contributed by atoms with Crippen LogP contribution < -0.4 is 0 Å². The van der Waals surface area contributed by atoms with Crippen molar-refractivity contribution in [3.63, 3.8) is 0 Å². The molecule has 0 radical (unpaired) electrons. The smallest absolute Gasteiger partial charge is 0.179 e. The highest BCUT2D eigenvalue weighted by molar-refractivity contribution is 6.30. The summed E-state index contributed by atoms with van der Waals surface area (Å²) in [6.45, 7) is 3.76. The normalized spacial score (nSPS) is 28.4. The molecule has 0 aliphatic carbocycles. The second kappa shape index (κ2) is 5.79. The quantitative estimate of drug-likeness (QED) is 0.746. The molecule has 2 fully saturated rings. The first-order chi connectivity index (χ1) is 11.9. The van der Waals surface area contributed by atoms with E-state index in [1.807, 2.05) is 56.3 Å². The molecule has 0 N–H and O–H groups in total. The molecular formula is C21H19ClO3. The molecule has 3 unspecified atom stereocenters. The summed E-state index contributed by atoms with van der Waals surface area (Å²) < 4.78 is 5.72. The van der Waals surface area contributed by atoms with Gasteiger partial charge in [-0.2, -0.15) is 0 Å². The Morgan fingerprint density at radius 3 is 2.48 bits per heavy atom. The summed E-state index contributed by atoms with van der Waals surface area (Å²) in [5, 5.41) is 0.676. The van der Waals surface area contributed by atoms with Crippen LogP contribution in [-0.4, -0.2) is 23.3 Å². The highest BCUT2D eigenvalue weighted by Gasteiger charge is 2.55. The van der Waals surface area contributed by atoms with Gasteiger partial charge in [0.15, 0.2) is 11.6 Å². The summed E-state index contributed by atoms with van der Waals surface area (Å²) in [7, 11) is 0. The summed E-state index contributed by atoms with van der Waals surface area (Å²) in [6, 6.07) is 13.5. The maximum absolute atomic E-state index is 13.0. The first kappa shape index (κ1) is 16.5. The number of hydrogen-bond acceptors (Lipinski definition) is 3. The molecule has 0 aromatic heterocycles. The first-order valence-corrected chi connectivity index (χ1v) is 8.89. The van der Waals surface area contributed by atoms with Gasteiger partial charge in [-0.1, -0.05) is 35.9 Å². The zero-order valence-electron chi connectivity index (χ0n) is 14.2. The number of halogens is 1. The van der Waals surface area contributed by atoms with Crippen LogP contribution in [0.3, 0.4) is 0 Å². The standard InChI is InChI=1S/C21H19ClO3/c1-12-3-4-14(13-5-7-15(22)8-6-13)11-16(12)18-19(23)17-9-10-21(2,25-17)20(18)24/h3-8,11,17-18H,9-10H2,1-2H3. The Hall–Kier alpha value is -1.97. The molecule has 3 atom stereocenters. The third-order valence-electron chi connectivity index (χ3n) is 5.44. The molecule has 0 spiro atoms. The van der Waals surface area contributed by atoms with Gasteiger partial charge in [0.05, 0.1) is 0 Å². The number of carbonyl (C=O) groups is 2. The third kappa shape index (κ3) is 2.62. The Balaban J connectivity index is 1.80. The predicted molar refractivity (Wildman–Crippen MR) is 96.9 cm³/mol. The van der Waals surface area contributed by atoms with Crippen molar-refractivity contribution in [1.82, 2.24) is 0 Å². The van der Waals surface area contributed by atoms with Crippen molar-refractivity contribution < 1.29 is 14.3 Å². The third-order valence-corrected chi connectivity index (χ3v) is 5.69. The molecule has 2 bridgehead atoms. The molecule has 0 amide bonds. The van der Waals surface area contributed by atoms with Crippen LogP contribution in [0.25, 0.3) is 11.1 Å². The van der Waals surface area contributed by atoms with Crippen LogP contribution in [0.5, 0.6) is 0 Å². The molecule has 4 rings (SSSR count). The number of hydrogen-bond donors (Lipinski definition) is 0. The van der Waals surface area contributed by atoms with Gasteiger partial charge in [-0.15, -0.1) is 0 Å². The van der Waals surface area contributed by atoms with Crippen molar-refractivity contribution in [3.05, 3.63) is 58.6 Å². The Bertz CT molecular complexity index is 871. The van der Waals surface area contributed by atoms with Crippen molar-refractivity contribution in [2.75, 3.05) is 0 Å². The van der Waals surface area contributed by atoms with Crippen LogP contribution in [0, 0.1) is 6.92 Å². The van der Waals surface area contributed by atoms with Crippen molar-refractivity contribution in [3.8, 4) is 11.1 Å². The summed E-state index contributed by atoms with van der Waals surface area (Å²) in [5.74, 6) is -0.933. The second-order valence-electron chi connectivity index (χ2n) is 7.15. The first-order valence-electron chi connectivity index (χ1n) is 8.51. The van der Waals surface area contributed by atoms with Crippen LogP contribution in [0.1, 0.15) is 36.8 Å². The van der Waals surface area contributed by atoms with E-state index in [0.717, 1.165) is 22.3 Å². The van der Waals surface area contributed by atoms with Crippen LogP contribution in [0.15, 0.2) is 42.5 Å². The highest BCUT2D eigenvalue weighted by atomic mass is 35.5. The van der Waals surface area contributed by atoms with Crippen molar-refractivity contribution in [1.29, 1.82) is 0 Å². The van der Waals surface area contributed by atoms with Crippen molar-refractivity contribution in [2.45, 2.75) is 44.3 Å². The Labute approximate surface area is 152 Å². The number of aryl methyl sites for hydroxylation is 1. The van der Waals surface area contributed by atoms with Crippen LogP contribution in [-0.2, 0) is 14.3 Å². The number of benzene rings is 2. The van der Waals surface area contributed by atoms with Crippen molar-refractivity contribution >= 4 is 23.2 Å². The fourth-order valence-corrected chi connectivity index (χ4v) is 4.03. The lowest BCUT2D eigenvalue weighted by Gasteiger charge is -2.33. The van der Waals surface area contributed by atoms with Crippen LogP contribution in [0.4, 0.5) is 0 Å². The SMILES string of the molecule is Cc1ccc(-c2ccc(Cl)cc2)cc1C1C(=O)C2CCC(C)(O2)C1=O. The average Bonchev–Trinajstić information content (AvgIpc) is 2.97. The molecule has 0 saturated carbocycles. The van der Waals surface area contributed by atoms with E-state index in [4.69, 9.17) is 16.3 Å². The lowest BCUT2D eigenvalue weighted by atomic mass is 9.79. The molecular weight excluding hydrogens is 336 g/mol. The van der Waals surface area contributed by atoms with E-state index >= 15 is 0 Å². The van der Waals surface area contributed by atoms with Gasteiger partial charge in [-0.25, -0.2) is 0 Å². The molecule has 128 valence electrons. The zero-order valence-corrected chi connectivity index (χ0v) is 15.0. The maximum atomic E-state index is 13.0. The van der Waals surface area contributed by atoms with Gasteiger partial charge in [0.2, 0.25) is 0 Å². The Kier molecular flexibility index (Phi) is 3.82. The summed E-state index contributed by atoms with van der Waals surface area (Å²) in [6.07, 6.45) is 0.800. The monoisotopic (exact) mass is 354 g/mol. The lowest BCUT2D eigenvalue weighted by Crippen LogP contribution is -2.49. The molecule has 2 aliphatic rings. The predicted octanol–water partition coefficient (Wildman–Crippen LogP) is 4.49. The van der Waals surface area contributed by atoms with Crippen LogP contribution >= 0.6 is 11.6 Å². The number of ether oxygens (including phenoxy) is 1. The maximum Gasteiger partial charge on any atom is 0.179 e. The molecule has 2 aromatic rings. The molecule has 4 heteroatoms. The van der Waals surface area contributed by atoms with Gasteiger partial charge in [-0.3, -0.25) is 9.59 Å². The molecule has 25 heavy (non-hydrogen) atoms. The second-order valence-corrected chi connectivity index (χ2v) is 7.59. The largest absolute Gasteiger partial charge is 0.356 e.